The number of hydrogen-bond donors (Lipinski definition) is 1. The van der Waals surface area contributed by atoms with Crippen molar-refractivity contribution in [2.24, 2.45) is 0 Å². The molecule has 0 unspecified atom stereocenters. The first-order valence-electron chi connectivity index (χ1n) is 7.74. The highest BCUT2D eigenvalue weighted by Gasteiger charge is 2.24. The van der Waals surface area contributed by atoms with Gasteiger partial charge in [-0.3, -0.25) is 0 Å². The fourth-order valence-corrected chi connectivity index (χ4v) is 3.51. The van der Waals surface area contributed by atoms with E-state index in [0.29, 0.717) is 0 Å². The van der Waals surface area contributed by atoms with Gasteiger partial charge in [0, 0.05) is 32.4 Å². The molecule has 3 heteroatoms. The van der Waals surface area contributed by atoms with E-state index < -0.39 is 0 Å². The highest BCUT2D eigenvalue weighted by Crippen LogP contribution is 2.39. The van der Waals surface area contributed by atoms with Crippen LogP contribution in [0.25, 0.3) is 0 Å². The third kappa shape index (κ3) is 2.09. The molecule has 2 aliphatic rings. The minimum absolute atomic E-state index is 0.986. The summed E-state index contributed by atoms with van der Waals surface area (Å²) in [6.07, 6.45) is 1.14. The number of benzene rings is 2. The molecule has 2 aromatic rings. The zero-order valence-corrected chi connectivity index (χ0v) is 12.5. The van der Waals surface area contributed by atoms with Crippen LogP contribution < -0.4 is 15.1 Å². The van der Waals surface area contributed by atoms with Gasteiger partial charge in [0.1, 0.15) is 0 Å². The van der Waals surface area contributed by atoms with E-state index in [-0.39, 0.29) is 0 Å². The zero-order chi connectivity index (χ0) is 14.2. The monoisotopic (exact) mass is 279 g/mol. The smallest absolute Gasteiger partial charge is 0.0649 e. The van der Waals surface area contributed by atoms with Crippen LogP contribution in [-0.2, 0) is 13.0 Å². The predicted octanol–water partition coefficient (Wildman–Crippen LogP) is 2.92. The lowest BCUT2D eigenvalue weighted by atomic mass is 9.98. The van der Waals surface area contributed by atoms with Gasteiger partial charge in [0.15, 0.2) is 0 Å². The molecule has 0 amide bonds. The van der Waals surface area contributed by atoms with Crippen LogP contribution in [0, 0.1) is 0 Å². The molecule has 0 saturated heterocycles. The Morgan fingerprint density at radius 3 is 2.62 bits per heavy atom. The molecular weight excluding hydrogens is 258 g/mol. The summed E-state index contributed by atoms with van der Waals surface area (Å²) in [5.74, 6) is 0. The van der Waals surface area contributed by atoms with Crippen molar-refractivity contribution in [3.63, 3.8) is 0 Å². The minimum atomic E-state index is 0.986. The summed E-state index contributed by atoms with van der Waals surface area (Å²) >= 11 is 0. The van der Waals surface area contributed by atoms with Crippen molar-refractivity contribution in [2.75, 3.05) is 36.5 Å². The van der Waals surface area contributed by atoms with Crippen LogP contribution in [0.5, 0.6) is 0 Å². The number of rotatable bonds is 1. The Kier molecular flexibility index (Phi) is 3.08. The highest BCUT2D eigenvalue weighted by atomic mass is 15.3. The number of para-hydroxylation sites is 2. The molecule has 0 spiro atoms. The van der Waals surface area contributed by atoms with Crippen molar-refractivity contribution in [1.82, 2.24) is 5.32 Å². The summed E-state index contributed by atoms with van der Waals surface area (Å²) < 4.78 is 0. The van der Waals surface area contributed by atoms with Crippen molar-refractivity contribution in [3.8, 4) is 0 Å². The number of anilines is 3. The van der Waals surface area contributed by atoms with Crippen molar-refractivity contribution < 1.29 is 0 Å². The second-order valence-electron chi connectivity index (χ2n) is 5.90. The lowest BCUT2D eigenvalue weighted by molar-refractivity contribution is 0.642. The molecule has 21 heavy (non-hydrogen) atoms. The third-order valence-corrected chi connectivity index (χ3v) is 4.65. The van der Waals surface area contributed by atoms with Gasteiger partial charge in [0.25, 0.3) is 0 Å². The summed E-state index contributed by atoms with van der Waals surface area (Å²) in [6.45, 7) is 4.19. The first-order valence-corrected chi connectivity index (χ1v) is 7.74. The Bertz CT molecular complexity index is 665. The Hall–Kier alpha value is -2.00. The van der Waals surface area contributed by atoms with E-state index in [1.807, 2.05) is 0 Å². The Labute approximate surface area is 126 Å². The normalized spacial score (nSPS) is 17.4. The third-order valence-electron chi connectivity index (χ3n) is 4.65. The van der Waals surface area contributed by atoms with Crippen LogP contribution in [0.4, 0.5) is 17.1 Å². The minimum Gasteiger partial charge on any atom is -0.371 e. The van der Waals surface area contributed by atoms with Crippen molar-refractivity contribution in [1.29, 1.82) is 0 Å². The first-order chi connectivity index (χ1) is 10.3. The van der Waals surface area contributed by atoms with Crippen LogP contribution in [0.2, 0.25) is 0 Å². The topological polar surface area (TPSA) is 18.5 Å². The Morgan fingerprint density at radius 1 is 0.905 bits per heavy atom. The number of hydrogen-bond acceptors (Lipinski definition) is 3. The molecule has 0 radical (unpaired) electrons. The van der Waals surface area contributed by atoms with E-state index in [9.17, 15) is 0 Å². The molecule has 0 aliphatic carbocycles. The van der Waals surface area contributed by atoms with E-state index in [1.165, 1.54) is 28.2 Å². The molecule has 0 bridgehead atoms. The molecule has 0 atom stereocenters. The lowest BCUT2D eigenvalue weighted by Gasteiger charge is -2.38. The Balaban J connectivity index is 1.83. The molecule has 0 saturated carbocycles. The summed E-state index contributed by atoms with van der Waals surface area (Å²) in [7, 11) is 2.18. The van der Waals surface area contributed by atoms with Gasteiger partial charge in [0.05, 0.1) is 11.4 Å². The number of nitrogens with one attached hydrogen (secondary N) is 1. The average Bonchev–Trinajstić information content (AvgIpc) is 2.55. The fourth-order valence-electron chi connectivity index (χ4n) is 3.51. The molecule has 2 aromatic carbocycles. The molecule has 1 N–H and O–H groups in total. The molecular formula is C18H21N3. The van der Waals surface area contributed by atoms with Crippen molar-refractivity contribution in [2.45, 2.75) is 13.0 Å². The Morgan fingerprint density at radius 2 is 1.71 bits per heavy atom. The van der Waals surface area contributed by atoms with Gasteiger partial charge in [-0.05, 0) is 42.3 Å². The summed E-state index contributed by atoms with van der Waals surface area (Å²) in [4.78, 5) is 4.83. The van der Waals surface area contributed by atoms with Crippen LogP contribution in [0.1, 0.15) is 11.1 Å². The van der Waals surface area contributed by atoms with Crippen LogP contribution in [0.15, 0.2) is 42.5 Å². The maximum Gasteiger partial charge on any atom is 0.0649 e. The van der Waals surface area contributed by atoms with Crippen LogP contribution in [-0.4, -0.2) is 26.7 Å². The molecule has 2 heterocycles. The molecule has 3 nitrogen and oxygen atoms in total. The van der Waals surface area contributed by atoms with Gasteiger partial charge in [0.2, 0.25) is 0 Å². The fraction of sp³-hybridized carbons (Fsp3) is 0.333. The largest absolute Gasteiger partial charge is 0.371 e. The second kappa shape index (κ2) is 5.08. The second-order valence-corrected chi connectivity index (χ2v) is 5.90. The van der Waals surface area contributed by atoms with E-state index in [0.717, 1.165) is 32.6 Å². The standard InChI is InChI=1S/C18H21N3/c1-20-11-12-21(18-7-3-2-6-17(18)20)16-8-4-5-14-9-10-19-13-15(14)16/h2-8,19H,9-13H2,1H3. The summed E-state index contributed by atoms with van der Waals surface area (Å²) in [5.41, 5.74) is 7.00. The van der Waals surface area contributed by atoms with Crippen LogP contribution >= 0.6 is 0 Å². The van der Waals surface area contributed by atoms with E-state index in [4.69, 9.17) is 0 Å². The van der Waals surface area contributed by atoms with Gasteiger partial charge in [-0.15, -0.1) is 0 Å². The number of nitrogens with zero attached hydrogens (tertiary/aromatic N) is 2. The summed E-state index contributed by atoms with van der Waals surface area (Å²) in [6, 6.07) is 15.5. The number of fused-ring (bicyclic) bond motifs is 2. The van der Waals surface area contributed by atoms with Crippen LogP contribution in [0.3, 0.4) is 0 Å². The van der Waals surface area contributed by atoms with Gasteiger partial charge in [-0.1, -0.05) is 24.3 Å². The maximum absolute atomic E-state index is 3.52. The number of likely N-dealkylation sites (N-methyl/N-ethyl adjacent to an activating group) is 1. The molecule has 2 aliphatic heterocycles. The van der Waals surface area contributed by atoms with E-state index >= 15 is 0 Å². The summed E-state index contributed by atoms with van der Waals surface area (Å²) in [5, 5.41) is 3.52. The van der Waals surface area contributed by atoms with E-state index in [1.54, 1.807) is 0 Å². The van der Waals surface area contributed by atoms with Gasteiger partial charge in [-0.25, -0.2) is 0 Å². The van der Waals surface area contributed by atoms with Gasteiger partial charge in [-0.2, -0.15) is 0 Å². The van der Waals surface area contributed by atoms with Gasteiger partial charge < -0.3 is 15.1 Å². The lowest BCUT2D eigenvalue weighted by Crippen LogP contribution is -2.37. The molecule has 108 valence electrons. The first kappa shape index (κ1) is 12.7. The maximum atomic E-state index is 3.52. The highest BCUT2D eigenvalue weighted by molar-refractivity contribution is 5.80. The molecule has 0 fully saturated rings. The SMILES string of the molecule is CN1CCN(c2cccc3c2CNCC3)c2ccccc21. The zero-order valence-electron chi connectivity index (χ0n) is 12.5. The molecule has 0 aromatic heterocycles. The van der Waals surface area contributed by atoms with Crippen molar-refractivity contribution in [3.05, 3.63) is 53.6 Å². The van der Waals surface area contributed by atoms with Gasteiger partial charge >= 0.3 is 0 Å². The molecule has 4 rings (SSSR count). The van der Waals surface area contributed by atoms with Crippen molar-refractivity contribution >= 4 is 17.1 Å². The predicted molar refractivity (Wildman–Crippen MR) is 88.6 cm³/mol. The average molecular weight is 279 g/mol. The quantitative estimate of drug-likeness (QED) is 0.866. The van der Waals surface area contributed by atoms with E-state index in [2.05, 4.69) is 64.6 Å².